The SMILES string of the molecule is Cc1cc2cc(C(=O)N(Cc3ccc(C(F)(F)F)cn3)Cc3ncccc3Cl)ccc2nc1N. The number of nitrogen functional groups attached to an aromatic ring is 1. The Morgan fingerprint density at radius 1 is 1.09 bits per heavy atom. The van der Waals surface area contributed by atoms with Crippen molar-refractivity contribution in [2.75, 3.05) is 5.73 Å². The topological polar surface area (TPSA) is 85.0 Å². The highest BCUT2D eigenvalue weighted by molar-refractivity contribution is 6.31. The second-order valence-corrected chi connectivity index (χ2v) is 8.13. The van der Waals surface area contributed by atoms with Gasteiger partial charge in [-0.2, -0.15) is 13.2 Å². The third-order valence-electron chi connectivity index (χ3n) is 5.26. The van der Waals surface area contributed by atoms with Gasteiger partial charge < -0.3 is 10.6 Å². The predicted octanol–water partition coefficient (Wildman–Crippen LogP) is 5.43. The number of nitrogens with zero attached hydrogens (tertiary/aromatic N) is 4. The number of amides is 1. The Balaban J connectivity index is 1.68. The van der Waals surface area contributed by atoms with Crippen LogP contribution in [0.3, 0.4) is 0 Å². The number of carbonyl (C=O) groups is 1. The number of carbonyl (C=O) groups excluding carboxylic acids is 1. The molecule has 1 aromatic carbocycles. The number of aryl methyl sites for hydroxylation is 1. The van der Waals surface area contributed by atoms with Crippen LogP contribution >= 0.6 is 11.6 Å². The van der Waals surface area contributed by atoms with E-state index in [2.05, 4.69) is 15.0 Å². The Labute approximate surface area is 198 Å². The summed E-state index contributed by atoms with van der Waals surface area (Å²) in [6, 6.07) is 12.4. The molecule has 0 aliphatic rings. The number of halogens is 4. The van der Waals surface area contributed by atoms with E-state index in [4.69, 9.17) is 17.3 Å². The van der Waals surface area contributed by atoms with Crippen LogP contribution in [-0.2, 0) is 19.3 Å². The van der Waals surface area contributed by atoms with Crippen LogP contribution in [0.1, 0.15) is 32.9 Å². The van der Waals surface area contributed by atoms with Crippen molar-refractivity contribution in [2.45, 2.75) is 26.2 Å². The van der Waals surface area contributed by atoms with E-state index in [0.29, 0.717) is 33.3 Å². The van der Waals surface area contributed by atoms with E-state index in [1.165, 1.54) is 11.0 Å². The molecule has 0 fully saturated rings. The maximum absolute atomic E-state index is 13.5. The largest absolute Gasteiger partial charge is 0.417 e. The summed E-state index contributed by atoms with van der Waals surface area (Å²) >= 11 is 6.24. The Hall–Kier alpha value is -3.72. The van der Waals surface area contributed by atoms with Gasteiger partial charge in [0.15, 0.2) is 0 Å². The minimum atomic E-state index is -4.50. The molecule has 1 amide bonds. The van der Waals surface area contributed by atoms with Gasteiger partial charge in [-0.05, 0) is 61.0 Å². The first-order valence-electron chi connectivity index (χ1n) is 10.2. The molecule has 3 heterocycles. The highest BCUT2D eigenvalue weighted by Crippen LogP contribution is 2.29. The summed E-state index contributed by atoms with van der Waals surface area (Å²) in [5, 5.41) is 1.11. The smallest absolute Gasteiger partial charge is 0.383 e. The number of aromatic nitrogens is 3. The van der Waals surface area contributed by atoms with Gasteiger partial charge in [0.1, 0.15) is 5.82 Å². The number of hydrogen-bond donors (Lipinski definition) is 1. The Morgan fingerprint density at radius 3 is 2.56 bits per heavy atom. The van der Waals surface area contributed by atoms with Crippen LogP contribution < -0.4 is 5.73 Å². The number of nitrogens with two attached hydrogens (primary N) is 1. The quantitative estimate of drug-likeness (QED) is 0.407. The molecule has 0 bridgehead atoms. The number of benzene rings is 1. The summed E-state index contributed by atoms with van der Waals surface area (Å²) in [7, 11) is 0. The average Bonchev–Trinajstić information content (AvgIpc) is 2.80. The van der Waals surface area contributed by atoms with Gasteiger partial charge in [-0.3, -0.25) is 14.8 Å². The van der Waals surface area contributed by atoms with Crippen LogP contribution in [0.15, 0.2) is 60.9 Å². The van der Waals surface area contributed by atoms with Crippen LogP contribution in [0.4, 0.5) is 19.0 Å². The summed E-state index contributed by atoms with van der Waals surface area (Å²) < 4.78 is 38.7. The molecule has 4 rings (SSSR count). The van der Waals surface area contributed by atoms with E-state index in [1.54, 1.807) is 36.5 Å². The molecule has 0 aliphatic heterocycles. The van der Waals surface area contributed by atoms with E-state index in [0.717, 1.165) is 23.2 Å². The van der Waals surface area contributed by atoms with Gasteiger partial charge in [0.25, 0.3) is 5.91 Å². The summed E-state index contributed by atoms with van der Waals surface area (Å²) in [6.45, 7) is 1.82. The molecule has 34 heavy (non-hydrogen) atoms. The average molecular weight is 486 g/mol. The molecule has 0 spiro atoms. The third kappa shape index (κ3) is 5.09. The first kappa shape index (κ1) is 23.4. The van der Waals surface area contributed by atoms with Crippen molar-refractivity contribution < 1.29 is 18.0 Å². The molecule has 0 unspecified atom stereocenters. The van der Waals surface area contributed by atoms with Crippen LogP contribution in [0, 0.1) is 6.92 Å². The molecule has 0 atom stereocenters. The number of anilines is 1. The van der Waals surface area contributed by atoms with Gasteiger partial charge in [0.05, 0.1) is 40.6 Å². The Kier molecular flexibility index (Phi) is 6.39. The molecule has 0 saturated carbocycles. The second kappa shape index (κ2) is 9.26. The van der Waals surface area contributed by atoms with Gasteiger partial charge in [-0.15, -0.1) is 0 Å². The normalized spacial score (nSPS) is 11.6. The minimum absolute atomic E-state index is 0.0399. The number of alkyl halides is 3. The third-order valence-corrected chi connectivity index (χ3v) is 5.60. The molecule has 4 aromatic rings. The van der Waals surface area contributed by atoms with Gasteiger partial charge in [0.2, 0.25) is 0 Å². The highest BCUT2D eigenvalue weighted by Gasteiger charge is 2.31. The number of pyridine rings is 3. The molecule has 6 nitrogen and oxygen atoms in total. The zero-order valence-corrected chi connectivity index (χ0v) is 18.7. The minimum Gasteiger partial charge on any atom is -0.383 e. The van der Waals surface area contributed by atoms with Crippen LogP contribution in [0.5, 0.6) is 0 Å². The summed E-state index contributed by atoms with van der Waals surface area (Å²) in [4.78, 5) is 27.4. The monoisotopic (exact) mass is 485 g/mol. The molecule has 10 heteroatoms. The highest BCUT2D eigenvalue weighted by atomic mass is 35.5. The van der Waals surface area contributed by atoms with Crippen LogP contribution in [-0.4, -0.2) is 25.8 Å². The van der Waals surface area contributed by atoms with Crippen molar-refractivity contribution >= 4 is 34.2 Å². The van der Waals surface area contributed by atoms with Gasteiger partial charge in [0, 0.05) is 23.3 Å². The number of fused-ring (bicyclic) bond motifs is 1. The van der Waals surface area contributed by atoms with E-state index in [9.17, 15) is 18.0 Å². The number of hydrogen-bond acceptors (Lipinski definition) is 5. The van der Waals surface area contributed by atoms with E-state index < -0.39 is 11.7 Å². The fraction of sp³-hybridized carbons (Fsp3) is 0.167. The summed E-state index contributed by atoms with van der Waals surface area (Å²) in [5.74, 6) is 0.0474. The van der Waals surface area contributed by atoms with Crippen molar-refractivity contribution in [2.24, 2.45) is 0 Å². The fourth-order valence-corrected chi connectivity index (χ4v) is 3.59. The van der Waals surface area contributed by atoms with Crippen LogP contribution in [0.25, 0.3) is 10.9 Å². The van der Waals surface area contributed by atoms with Crippen molar-refractivity contribution in [3.63, 3.8) is 0 Å². The van der Waals surface area contributed by atoms with E-state index in [-0.39, 0.29) is 19.0 Å². The predicted molar refractivity (Wildman–Crippen MR) is 123 cm³/mol. The zero-order chi connectivity index (χ0) is 24.5. The fourth-order valence-electron chi connectivity index (χ4n) is 3.41. The summed E-state index contributed by atoms with van der Waals surface area (Å²) in [6.07, 6.45) is -2.20. The standard InChI is InChI=1S/C24H19ClF3N5O/c1-14-9-16-10-15(4-7-20(16)32-22(14)29)23(34)33(13-21-19(25)3-2-8-30-21)12-18-6-5-17(11-31-18)24(26,27)28/h2-11H,12-13H2,1H3,(H2,29,32). The molecule has 174 valence electrons. The Morgan fingerprint density at radius 2 is 1.88 bits per heavy atom. The maximum atomic E-state index is 13.5. The lowest BCUT2D eigenvalue weighted by Gasteiger charge is -2.23. The maximum Gasteiger partial charge on any atom is 0.417 e. The summed E-state index contributed by atoms with van der Waals surface area (Å²) in [5.41, 5.74) is 7.55. The van der Waals surface area contributed by atoms with Crippen molar-refractivity contribution in [1.82, 2.24) is 19.9 Å². The van der Waals surface area contributed by atoms with E-state index in [1.807, 2.05) is 13.0 Å². The lowest BCUT2D eigenvalue weighted by Crippen LogP contribution is -2.31. The van der Waals surface area contributed by atoms with Crippen molar-refractivity contribution in [3.8, 4) is 0 Å². The first-order chi connectivity index (χ1) is 16.1. The second-order valence-electron chi connectivity index (χ2n) is 7.73. The van der Waals surface area contributed by atoms with Gasteiger partial charge in [-0.1, -0.05) is 11.6 Å². The molecule has 3 aromatic heterocycles. The molecule has 2 N–H and O–H groups in total. The lowest BCUT2D eigenvalue weighted by molar-refractivity contribution is -0.137. The molecule has 0 saturated heterocycles. The van der Waals surface area contributed by atoms with Crippen LogP contribution in [0.2, 0.25) is 5.02 Å². The molecule has 0 aliphatic carbocycles. The van der Waals surface area contributed by atoms with E-state index >= 15 is 0 Å². The zero-order valence-electron chi connectivity index (χ0n) is 18.0. The number of rotatable bonds is 5. The van der Waals surface area contributed by atoms with Gasteiger partial charge >= 0.3 is 6.18 Å². The lowest BCUT2D eigenvalue weighted by atomic mass is 10.1. The first-order valence-corrected chi connectivity index (χ1v) is 10.6. The van der Waals surface area contributed by atoms with Crippen molar-refractivity contribution in [1.29, 1.82) is 0 Å². The van der Waals surface area contributed by atoms with Crippen molar-refractivity contribution in [3.05, 3.63) is 94.0 Å². The van der Waals surface area contributed by atoms with Gasteiger partial charge in [-0.25, -0.2) is 4.98 Å². The molecule has 0 radical (unpaired) electrons. The molecular weight excluding hydrogens is 467 g/mol. The Bertz CT molecular complexity index is 1360. The molecular formula is C24H19ClF3N5O.